The second-order valence-electron chi connectivity index (χ2n) is 10.0. The molecule has 2 saturated heterocycles. The number of hydrogen-bond acceptors (Lipinski definition) is 5. The van der Waals surface area contributed by atoms with Crippen LogP contribution in [0.5, 0.6) is 5.75 Å². The molecule has 2 fully saturated rings. The van der Waals surface area contributed by atoms with E-state index in [0.717, 1.165) is 30.5 Å². The van der Waals surface area contributed by atoms with Crippen LogP contribution in [-0.2, 0) is 28.9 Å². The van der Waals surface area contributed by atoms with Gasteiger partial charge in [-0.2, -0.15) is 5.10 Å². The SMILES string of the molecule is C[C@@H]1CN(C(=O)c2nn(CC(=O)N3CCC(Oc4ccc(F)cc4Cl)CC3)c3c2CCC3)C[C@H](C)O1. The third-order valence-corrected chi connectivity index (χ3v) is 7.48. The van der Waals surface area contributed by atoms with Crippen molar-refractivity contribution in [3.05, 3.63) is 46.0 Å². The summed E-state index contributed by atoms with van der Waals surface area (Å²) in [4.78, 5) is 30.1. The van der Waals surface area contributed by atoms with Crippen LogP contribution in [0.2, 0.25) is 5.02 Å². The molecule has 0 unspecified atom stereocenters. The lowest BCUT2D eigenvalue weighted by Gasteiger charge is -2.35. The molecule has 2 aliphatic heterocycles. The van der Waals surface area contributed by atoms with E-state index in [1.165, 1.54) is 18.2 Å². The maximum absolute atomic E-state index is 13.3. The highest BCUT2D eigenvalue weighted by Gasteiger charge is 2.33. The molecular formula is C26H32ClFN4O4. The number of ether oxygens (including phenoxy) is 2. The summed E-state index contributed by atoms with van der Waals surface area (Å²) in [5.41, 5.74) is 2.48. The van der Waals surface area contributed by atoms with Gasteiger partial charge in [0.2, 0.25) is 5.91 Å². The fourth-order valence-electron chi connectivity index (χ4n) is 5.51. The zero-order valence-electron chi connectivity index (χ0n) is 20.7. The first-order chi connectivity index (χ1) is 17.3. The predicted molar refractivity (Wildman–Crippen MR) is 132 cm³/mol. The minimum Gasteiger partial charge on any atom is -0.489 e. The summed E-state index contributed by atoms with van der Waals surface area (Å²) in [6, 6.07) is 4.09. The smallest absolute Gasteiger partial charge is 0.274 e. The Morgan fingerprint density at radius 1 is 1.14 bits per heavy atom. The third-order valence-electron chi connectivity index (χ3n) is 7.18. The first kappa shape index (κ1) is 25.0. The molecule has 0 radical (unpaired) electrons. The molecule has 0 saturated carbocycles. The highest BCUT2D eigenvalue weighted by Crippen LogP contribution is 2.29. The molecule has 2 atom stereocenters. The number of nitrogens with zero attached hydrogens (tertiary/aromatic N) is 4. The number of fused-ring (bicyclic) bond motifs is 1. The summed E-state index contributed by atoms with van der Waals surface area (Å²) in [6.07, 6.45) is 3.81. The molecule has 2 amide bonds. The van der Waals surface area contributed by atoms with E-state index in [1.54, 1.807) is 4.68 Å². The average Bonchev–Trinajstić information content (AvgIpc) is 3.44. The largest absolute Gasteiger partial charge is 0.489 e. The van der Waals surface area contributed by atoms with Crippen molar-refractivity contribution in [1.29, 1.82) is 0 Å². The highest BCUT2D eigenvalue weighted by molar-refractivity contribution is 6.32. The van der Waals surface area contributed by atoms with Gasteiger partial charge in [0, 0.05) is 50.3 Å². The molecule has 36 heavy (non-hydrogen) atoms. The standard InChI is InChI=1S/C26H32ClFN4O4/c1-16-13-31(14-17(2)35-16)26(34)25-20-4-3-5-22(20)32(29-25)15-24(33)30-10-8-19(9-11-30)36-23-7-6-18(28)12-21(23)27/h6-7,12,16-17,19H,3-5,8-11,13-15H2,1-2H3/t16-,17+. The van der Waals surface area contributed by atoms with Crippen molar-refractivity contribution >= 4 is 23.4 Å². The number of morpholine rings is 1. The van der Waals surface area contributed by atoms with Gasteiger partial charge in [0.05, 0.1) is 17.2 Å². The highest BCUT2D eigenvalue weighted by atomic mass is 35.5. The van der Waals surface area contributed by atoms with Crippen LogP contribution < -0.4 is 4.74 Å². The summed E-state index contributed by atoms with van der Waals surface area (Å²) in [7, 11) is 0. The summed E-state index contributed by atoms with van der Waals surface area (Å²) < 4.78 is 26.7. The van der Waals surface area contributed by atoms with Crippen molar-refractivity contribution in [3.63, 3.8) is 0 Å². The summed E-state index contributed by atoms with van der Waals surface area (Å²) in [5, 5.41) is 4.89. The van der Waals surface area contributed by atoms with Crippen molar-refractivity contribution in [1.82, 2.24) is 19.6 Å². The Morgan fingerprint density at radius 3 is 2.56 bits per heavy atom. The number of aromatic nitrogens is 2. The minimum absolute atomic E-state index is 0.0135. The first-order valence-corrected chi connectivity index (χ1v) is 13.1. The minimum atomic E-state index is -0.406. The summed E-state index contributed by atoms with van der Waals surface area (Å²) in [5.74, 6) is -0.0372. The Labute approximate surface area is 215 Å². The number of hydrogen-bond donors (Lipinski definition) is 0. The normalized spacial score (nSPS) is 22.6. The quantitative estimate of drug-likeness (QED) is 0.605. The molecule has 10 heteroatoms. The Morgan fingerprint density at radius 2 is 1.86 bits per heavy atom. The van der Waals surface area contributed by atoms with Crippen LogP contribution in [0.4, 0.5) is 4.39 Å². The third kappa shape index (κ3) is 5.22. The Bertz CT molecular complexity index is 1140. The number of benzene rings is 1. The summed E-state index contributed by atoms with van der Waals surface area (Å²) in [6.45, 7) is 6.27. The van der Waals surface area contributed by atoms with Crippen LogP contribution in [-0.4, -0.2) is 75.9 Å². The molecule has 1 aromatic carbocycles. The molecule has 2 aromatic rings. The van der Waals surface area contributed by atoms with Crippen LogP contribution in [0.1, 0.15) is 54.9 Å². The number of rotatable bonds is 5. The van der Waals surface area contributed by atoms with Crippen molar-refractivity contribution < 1.29 is 23.5 Å². The van der Waals surface area contributed by atoms with Crippen molar-refractivity contribution in [2.45, 2.75) is 70.8 Å². The fourth-order valence-corrected chi connectivity index (χ4v) is 5.72. The molecule has 0 spiro atoms. The lowest BCUT2D eigenvalue weighted by Crippen LogP contribution is -2.48. The van der Waals surface area contributed by atoms with Gasteiger partial charge in [-0.05, 0) is 51.3 Å². The van der Waals surface area contributed by atoms with Gasteiger partial charge < -0.3 is 19.3 Å². The first-order valence-electron chi connectivity index (χ1n) is 12.7. The van der Waals surface area contributed by atoms with Crippen LogP contribution in [0, 0.1) is 5.82 Å². The molecule has 3 heterocycles. The number of halogens is 2. The molecular weight excluding hydrogens is 487 g/mol. The van der Waals surface area contributed by atoms with Crippen molar-refractivity contribution in [2.24, 2.45) is 0 Å². The van der Waals surface area contributed by atoms with E-state index in [0.29, 0.717) is 50.5 Å². The molecule has 5 rings (SSSR count). The van der Waals surface area contributed by atoms with Crippen molar-refractivity contribution in [2.75, 3.05) is 26.2 Å². The van der Waals surface area contributed by atoms with Gasteiger partial charge in [-0.3, -0.25) is 14.3 Å². The van der Waals surface area contributed by atoms with Gasteiger partial charge in [0.1, 0.15) is 24.2 Å². The Hall–Kier alpha value is -2.65. The zero-order valence-corrected chi connectivity index (χ0v) is 21.5. The van der Waals surface area contributed by atoms with E-state index >= 15 is 0 Å². The topological polar surface area (TPSA) is 76.9 Å². The van der Waals surface area contributed by atoms with Crippen molar-refractivity contribution in [3.8, 4) is 5.75 Å². The molecule has 1 aromatic heterocycles. The number of likely N-dealkylation sites (tertiary alicyclic amines) is 1. The lowest BCUT2D eigenvalue weighted by molar-refractivity contribution is -0.133. The van der Waals surface area contributed by atoms with E-state index in [4.69, 9.17) is 21.1 Å². The van der Waals surface area contributed by atoms with Crippen LogP contribution in [0.25, 0.3) is 0 Å². The maximum atomic E-state index is 13.3. The van der Waals surface area contributed by atoms with E-state index in [9.17, 15) is 14.0 Å². The fraction of sp³-hybridized carbons (Fsp3) is 0.577. The molecule has 194 valence electrons. The number of carbonyl (C=O) groups is 2. The second-order valence-corrected chi connectivity index (χ2v) is 10.4. The van der Waals surface area contributed by atoms with Gasteiger partial charge in [-0.15, -0.1) is 0 Å². The van der Waals surface area contributed by atoms with Crippen LogP contribution in [0.3, 0.4) is 0 Å². The zero-order chi connectivity index (χ0) is 25.4. The molecule has 8 nitrogen and oxygen atoms in total. The lowest BCUT2D eigenvalue weighted by atomic mass is 10.1. The second kappa shape index (κ2) is 10.4. The van der Waals surface area contributed by atoms with E-state index < -0.39 is 5.82 Å². The van der Waals surface area contributed by atoms with E-state index in [2.05, 4.69) is 5.10 Å². The Balaban J connectivity index is 1.21. The van der Waals surface area contributed by atoms with Gasteiger partial charge in [0.15, 0.2) is 5.69 Å². The van der Waals surface area contributed by atoms with Gasteiger partial charge >= 0.3 is 0 Å². The summed E-state index contributed by atoms with van der Waals surface area (Å²) >= 11 is 6.08. The van der Waals surface area contributed by atoms with Gasteiger partial charge in [-0.1, -0.05) is 11.6 Å². The molecule has 1 aliphatic carbocycles. The van der Waals surface area contributed by atoms with Crippen LogP contribution in [0.15, 0.2) is 18.2 Å². The molecule has 3 aliphatic rings. The van der Waals surface area contributed by atoms with E-state index in [-0.39, 0.29) is 41.7 Å². The van der Waals surface area contributed by atoms with Gasteiger partial charge in [-0.25, -0.2) is 4.39 Å². The number of piperidine rings is 1. The molecule has 0 bridgehead atoms. The monoisotopic (exact) mass is 518 g/mol. The molecule has 0 N–H and O–H groups in total. The van der Waals surface area contributed by atoms with Gasteiger partial charge in [0.25, 0.3) is 5.91 Å². The van der Waals surface area contributed by atoms with Crippen LogP contribution >= 0.6 is 11.6 Å². The maximum Gasteiger partial charge on any atom is 0.274 e. The average molecular weight is 519 g/mol. The number of amides is 2. The predicted octanol–water partition coefficient (Wildman–Crippen LogP) is 3.48. The Kier molecular flexibility index (Phi) is 7.21. The number of carbonyl (C=O) groups excluding carboxylic acids is 2. The van der Waals surface area contributed by atoms with E-state index in [1.807, 2.05) is 23.6 Å².